The first-order valence-electron chi connectivity index (χ1n) is 7.03. The molecule has 1 aliphatic carbocycles. The van der Waals surface area contributed by atoms with Crippen molar-refractivity contribution < 1.29 is 4.79 Å². The van der Waals surface area contributed by atoms with Crippen molar-refractivity contribution in [3.05, 3.63) is 35.7 Å². The van der Waals surface area contributed by atoms with Crippen molar-refractivity contribution in [1.29, 1.82) is 0 Å². The van der Waals surface area contributed by atoms with E-state index in [1.54, 1.807) is 23.1 Å². The number of thiazole rings is 1. The van der Waals surface area contributed by atoms with E-state index in [0.717, 1.165) is 34.9 Å². The molecule has 0 saturated heterocycles. The van der Waals surface area contributed by atoms with Crippen molar-refractivity contribution >= 4 is 28.9 Å². The molecule has 1 unspecified atom stereocenters. The Labute approximate surface area is 127 Å². The third-order valence-corrected chi connectivity index (χ3v) is 5.83. The van der Waals surface area contributed by atoms with Gasteiger partial charge in [0.15, 0.2) is 4.34 Å². The Hall–Kier alpha value is -1.13. The number of aromatic nitrogens is 1. The monoisotopic (exact) mass is 303 g/mol. The molecule has 1 aromatic carbocycles. The highest BCUT2D eigenvalue weighted by atomic mass is 32.2. The maximum absolute atomic E-state index is 12.1. The number of ketones is 1. The zero-order chi connectivity index (χ0) is 13.8. The van der Waals surface area contributed by atoms with E-state index >= 15 is 0 Å². The minimum atomic E-state index is 0.118. The maximum atomic E-state index is 12.1. The molecule has 1 atom stereocenters. The third kappa shape index (κ3) is 3.30. The lowest BCUT2D eigenvalue weighted by Gasteiger charge is -2.09. The number of rotatable bonds is 3. The smallest absolute Gasteiger partial charge is 0.151 e. The number of nitrogens with zero attached hydrogens (tertiary/aromatic N) is 1. The van der Waals surface area contributed by atoms with Crippen molar-refractivity contribution in [2.24, 2.45) is 0 Å². The molecule has 0 amide bonds. The first kappa shape index (κ1) is 13.8. The Morgan fingerprint density at radius 3 is 2.85 bits per heavy atom. The third-order valence-electron chi connectivity index (χ3n) is 3.54. The van der Waals surface area contributed by atoms with Gasteiger partial charge in [-0.15, -0.1) is 11.3 Å². The van der Waals surface area contributed by atoms with Crippen LogP contribution in [0.15, 0.2) is 40.1 Å². The van der Waals surface area contributed by atoms with Gasteiger partial charge in [-0.05, 0) is 12.8 Å². The maximum Gasteiger partial charge on any atom is 0.151 e. The Morgan fingerprint density at radius 2 is 2.00 bits per heavy atom. The first-order valence-corrected chi connectivity index (χ1v) is 8.79. The van der Waals surface area contributed by atoms with Crippen LogP contribution >= 0.6 is 23.1 Å². The van der Waals surface area contributed by atoms with Crippen molar-refractivity contribution in [1.82, 2.24) is 4.98 Å². The summed E-state index contributed by atoms with van der Waals surface area (Å²) in [5.41, 5.74) is 2.15. The van der Waals surface area contributed by atoms with E-state index in [1.165, 1.54) is 12.8 Å². The molecule has 0 bridgehead atoms. The Morgan fingerprint density at radius 1 is 1.15 bits per heavy atom. The second kappa shape index (κ2) is 6.55. The number of hydrogen-bond donors (Lipinski definition) is 0. The first-order chi connectivity index (χ1) is 9.83. The number of benzene rings is 1. The lowest BCUT2D eigenvalue weighted by atomic mass is 10.2. The van der Waals surface area contributed by atoms with Crippen LogP contribution in [-0.2, 0) is 4.79 Å². The van der Waals surface area contributed by atoms with E-state index in [2.05, 4.69) is 22.5 Å². The van der Waals surface area contributed by atoms with E-state index in [9.17, 15) is 4.79 Å². The van der Waals surface area contributed by atoms with Crippen LogP contribution in [-0.4, -0.2) is 16.0 Å². The number of carbonyl (C=O) groups is 1. The fraction of sp³-hybridized carbons (Fsp3) is 0.375. The molecule has 2 aromatic rings. The van der Waals surface area contributed by atoms with Crippen LogP contribution in [0, 0.1) is 0 Å². The SMILES string of the molecule is O=C1CCCCCC1Sc1nc(-c2ccccc2)cs1. The molecule has 4 heteroatoms. The Balaban J connectivity index is 1.72. The molecule has 1 fully saturated rings. The molecule has 0 spiro atoms. The molecule has 1 heterocycles. The topological polar surface area (TPSA) is 30.0 Å². The highest BCUT2D eigenvalue weighted by Gasteiger charge is 2.23. The largest absolute Gasteiger partial charge is 0.298 e. The summed E-state index contributed by atoms with van der Waals surface area (Å²) in [6.45, 7) is 0. The molecule has 104 valence electrons. The molecule has 2 nitrogen and oxygen atoms in total. The summed E-state index contributed by atoms with van der Waals surface area (Å²) in [6.07, 6.45) is 5.16. The minimum Gasteiger partial charge on any atom is -0.298 e. The van der Waals surface area contributed by atoms with Crippen molar-refractivity contribution in [3.8, 4) is 11.3 Å². The average Bonchev–Trinajstić information content (AvgIpc) is 2.86. The van der Waals surface area contributed by atoms with Gasteiger partial charge in [0.05, 0.1) is 10.9 Å². The normalized spacial score (nSPS) is 19.8. The summed E-state index contributed by atoms with van der Waals surface area (Å²) in [4.78, 5) is 16.7. The van der Waals surface area contributed by atoms with Gasteiger partial charge in [-0.1, -0.05) is 54.9 Å². The molecule has 3 rings (SSSR count). The number of thioether (sulfide) groups is 1. The van der Waals surface area contributed by atoms with Gasteiger partial charge in [-0.25, -0.2) is 4.98 Å². The number of carbonyl (C=O) groups excluding carboxylic acids is 1. The van der Waals surface area contributed by atoms with E-state index in [4.69, 9.17) is 0 Å². The van der Waals surface area contributed by atoms with E-state index in [1.807, 2.05) is 18.2 Å². The zero-order valence-electron chi connectivity index (χ0n) is 11.2. The number of Topliss-reactive ketones (excluding diaryl/α,β-unsaturated/α-hetero) is 1. The highest BCUT2D eigenvalue weighted by molar-refractivity contribution is 8.02. The van der Waals surface area contributed by atoms with Gasteiger partial charge in [0, 0.05) is 17.4 Å². The fourth-order valence-corrected chi connectivity index (χ4v) is 4.62. The molecule has 20 heavy (non-hydrogen) atoms. The fourth-order valence-electron chi connectivity index (χ4n) is 2.43. The quantitative estimate of drug-likeness (QED) is 0.763. The summed E-state index contributed by atoms with van der Waals surface area (Å²) < 4.78 is 1.02. The molecule has 0 N–H and O–H groups in total. The summed E-state index contributed by atoms with van der Waals surface area (Å²) in [6, 6.07) is 10.2. The summed E-state index contributed by atoms with van der Waals surface area (Å²) in [5, 5.41) is 2.20. The molecule has 0 aliphatic heterocycles. The van der Waals surface area contributed by atoms with E-state index in [-0.39, 0.29) is 5.25 Å². The molecule has 1 aliphatic rings. The second-order valence-corrected chi connectivity index (χ2v) is 7.34. The van der Waals surface area contributed by atoms with Crippen LogP contribution in [0.25, 0.3) is 11.3 Å². The molecule has 0 radical (unpaired) electrons. The van der Waals surface area contributed by atoms with Gasteiger partial charge in [0.1, 0.15) is 5.78 Å². The predicted molar refractivity (Wildman–Crippen MR) is 85.3 cm³/mol. The van der Waals surface area contributed by atoms with Crippen LogP contribution < -0.4 is 0 Å². The van der Waals surface area contributed by atoms with Gasteiger partial charge in [-0.2, -0.15) is 0 Å². The van der Waals surface area contributed by atoms with Gasteiger partial charge in [0.2, 0.25) is 0 Å². The van der Waals surface area contributed by atoms with Crippen LogP contribution in [0.5, 0.6) is 0 Å². The molecular weight excluding hydrogens is 286 g/mol. The summed E-state index contributed by atoms with van der Waals surface area (Å²) in [5.74, 6) is 0.406. The predicted octanol–water partition coefficient (Wildman–Crippen LogP) is 4.80. The van der Waals surface area contributed by atoms with Crippen LogP contribution in [0.2, 0.25) is 0 Å². The van der Waals surface area contributed by atoms with Gasteiger partial charge in [0.25, 0.3) is 0 Å². The van der Waals surface area contributed by atoms with E-state index in [0.29, 0.717) is 5.78 Å². The standard InChI is InChI=1S/C16H17NOS2/c18-14-9-5-2-6-10-15(14)20-16-17-13(11-19-16)12-7-3-1-4-8-12/h1,3-4,7-8,11,15H,2,5-6,9-10H2. The second-order valence-electron chi connectivity index (χ2n) is 5.04. The lowest BCUT2D eigenvalue weighted by Crippen LogP contribution is -2.14. The van der Waals surface area contributed by atoms with Crippen molar-refractivity contribution in [3.63, 3.8) is 0 Å². The van der Waals surface area contributed by atoms with E-state index < -0.39 is 0 Å². The van der Waals surface area contributed by atoms with Gasteiger partial charge in [-0.3, -0.25) is 4.79 Å². The summed E-state index contributed by atoms with van der Waals surface area (Å²) in [7, 11) is 0. The minimum absolute atomic E-state index is 0.118. The Kier molecular flexibility index (Phi) is 4.53. The zero-order valence-corrected chi connectivity index (χ0v) is 12.9. The average molecular weight is 303 g/mol. The van der Waals surface area contributed by atoms with Crippen LogP contribution in [0.1, 0.15) is 32.1 Å². The van der Waals surface area contributed by atoms with Crippen LogP contribution in [0.4, 0.5) is 0 Å². The Bertz CT molecular complexity index is 579. The molecular formula is C16H17NOS2. The molecule has 1 saturated carbocycles. The van der Waals surface area contributed by atoms with Crippen LogP contribution in [0.3, 0.4) is 0 Å². The lowest BCUT2D eigenvalue weighted by molar-refractivity contribution is -0.118. The van der Waals surface area contributed by atoms with Crippen molar-refractivity contribution in [2.75, 3.05) is 0 Å². The van der Waals surface area contributed by atoms with Gasteiger partial charge >= 0.3 is 0 Å². The number of hydrogen-bond acceptors (Lipinski definition) is 4. The van der Waals surface area contributed by atoms with Crippen molar-refractivity contribution in [2.45, 2.75) is 41.7 Å². The summed E-state index contributed by atoms with van der Waals surface area (Å²) >= 11 is 3.31. The highest BCUT2D eigenvalue weighted by Crippen LogP contribution is 2.34. The molecule has 1 aromatic heterocycles. The van der Waals surface area contributed by atoms with Gasteiger partial charge < -0.3 is 0 Å².